The van der Waals surface area contributed by atoms with E-state index in [0.29, 0.717) is 17.7 Å². The monoisotopic (exact) mass is 246 g/mol. The van der Waals surface area contributed by atoms with Gasteiger partial charge in [0.05, 0.1) is 23.2 Å². The molecule has 0 saturated heterocycles. The molecule has 5 nitrogen and oxygen atoms in total. The average molecular weight is 246 g/mol. The minimum Gasteiger partial charge on any atom is -0.462 e. The zero-order valence-corrected chi connectivity index (χ0v) is 10.1. The van der Waals surface area contributed by atoms with E-state index in [9.17, 15) is 9.59 Å². The summed E-state index contributed by atoms with van der Waals surface area (Å²) in [5.74, 6) is -0.396. The molecule has 1 aromatic heterocycles. The topological polar surface area (TPSA) is 64.1 Å². The van der Waals surface area contributed by atoms with Crippen molar-refractivity contribution in [3.63, 3.8) is 0 Å². The number of hydrogen-bond acceptors (Lipinski definition) is 3. The first-order chi connectivity index (χ1) is 8.72. The van der Waals surface area contributed by atoms with Crippen LogP contribution in [-0.4, -0.2) is 22.1 Å². The molecule has 0 unspecified atom stereocenters. The lowest BCUT2D eigenvalue weighted by molar-refractivity contribution is 0.0528. The van der Waals surface area contributed by atoms with Crippen LogP contribution in [0.25, 0.3) is 11.0 Å². The molecule has 0 aliphatic heterocycles. The number of para-hydroxylation sites is 1. The molecular formula is C13H14N2O3. The van der Waals surface area contributed by atoms with Crippen LogP contribution in [0.3, 0.4) is 0 Å². The van der Waals surface area contributed by atoms with E-state index in [4.69, 9.17) is 4.74 Å². The van der Waals surface area contributed by atoms with E-state index in [1.807, 2.05) is 6.07 Å². The quantitative estimate of drug-likeness (QED) is 0.840. The van der Waals surface area contributed by atoms with E-state index >= 15 is 0 Å². The van der Waals surface area contributed by atoms with Crippen LogP contribution in [0.15, 0.2) is 23.0 Å². The summed E-state index contributed by atoms with van der Waals surface area (Å²) in [6.45, 7) is 2.08. The molecular weight excluding hydrogens is 232 g/mol. The van der Waals surface area contributed by atoms with Gasteiger partial charge in [0.15, 0.2) is 0 Å². The molecule has 2 aromatic rings. The van der Waals surface area contributed by atoms with Gasteiger partial charge in [-0.1, -0.05) is 6.07 Å². The third kappa shape index (κ3) is 1.63. The molecule has 5 heteroatoms. The third-order valence-corrected chi connectivity index (χ3v) is 3.16. The number of hydrogen-bond donors (Lipinski definition) is 1. The second-order valence-corrected chi connectivity index (χ2v) is 4.45. The van der Waals surface area contributed by atoms with Crippen molar-refractivity contribution in [3.05, 3.63) is 34.2 Å². The maximum Gasteiger partial charge on any atom is 0.340 e. The SMILES string of the molecule is CCOC(=O)c1cccc2c1[nH]c(=O)n2C1CC1. The standard InChI is InChI=1S/C13H14N2O3/c1-2-18-12(16)9-4-3-5-10-11(9)14-13(17)15(10)8-6-7-8/h3-5,8H,2,6-7H2,1H3,(H,14,17). The first kappa shape index (κ1) is 11.1. The zero-order chi connectivity index (χ0) is 12.7. The van der Waals surface area contributed by atoms with E-state index in [0.717, 1.165) is 18.4 Å². The summed E-state index contributed by atoms with van der Waals surface area (Å²) in [5, 5.41) is 0. The number of esters is 1. The van der Waals surface area contributed by atoms with Gasteiger partial charge in [-0.3, -0.25) is 4.57 Å². The molecule has 0 spiro atoms. The van der Waals surface area contributed by atoms with Crippen LogP contribution in [-0.2, 0) is 4.74 Å². The Hall–Kier alpha value is -2.04. The second-order valence-electron chi connectivity index (χ2n) is 4.45. The number of fused-ring (bicyclic) bond motifs is 1. The van der Waals surface area contributed by atoms with Crippen molar-refractivity contribution in [2.24, 2.45) is 0 Å². The molecule has 1 saturated carbocycles. The first-order valence-electron chi connectivity index (χ1n) is 6.12. The number of nitrogens with zero attached hydrogens (tertiary/aromatic N) is 1. The number of aromatic amines is 1. The summed E-state index contributed by atoms with van der Waals surface area (Å²) in [6.07, 6.45) is 2.05. The predicted molar refractivity (Wildman–Crippen MR) is 66.8 cm³/mol. The number of rotatable bonds is 3. The number of carbonyl (C=O) groups excluding carboxylic acids is 1. The molecule has 1 N–H and O–H groups in total. The van der Waals surface area contributed by atoms with E-state index in [1.54, 1.807) is 23.6 Å². The maximum absolute atomic E-state index is 11.9. The van der Waals surface area contributed by atoms with Gasteiger partial charge in [0.2, 0.25) is 0 Å². The summed E-state index contributed by atoms with van der Waals surface area (Å²) in [4.78, 5) is 26.5. The molecule has 0 amide bonds. The molecule has 94 valence electrons. The molecule has 3 rings (SSSR count). The van der Waals surface area contributed by atoms with Crippen LogP contribution in [0.5, 0.6) is 0 Å². The summed E-state index contributed by atoms with van der Waals surface area (Å²) in [5.41, 5.74) is 1.64. The number of nitrogens with one attached hydrogen (secondary N) is 1. The third-order valence-electron chi connectivity index (χ3n) is 3.16. The molecule has 1 heterocycles. The fraction of sp³-hybridized carbons (Fsp3) is 0.385. The number of aromatic nitrogens is 2. The van der Waals surface area contributed by atoms with Crippen LogP contribution in [0.2, 0.25) is 0 Å². The van der Waals surface area contributed by atoms with Crippen LogP contribution in [0.4, 0.5) is 0 Å². The molecule has 0 radical (unpaired) electrons. The van der Waals surface area contributed by atoms with Crippen LogP contribution in [0.1, 0.15) is 36.2 Å². The molecule has 0 atom stereocenters. The van der Waals surface area contributed by atoms with Crippen LogP contribution in [0, 0.1) is 0 Å². The summed E-state index contributed by atoms with van der Waals surface area (Å²) in [6, 6.07) is 5.59. The van der Waals surface area contributed by atoms with Gasteiger partial charge >= 0.3 is 11.7 Å². The lowest BCUT2D eigenvalue weighted by Crippen LogP contribution is -2.14. The number of imidazole rings is 1. The predicted octanol–water partition coefficient (Wildman–Crippen LogP) is 1.84. The lowest BCUT2D eigenvalue weighted by atomic mass is 10.2. The van der Waals surface area contributed by atoms with Crippen molar-refractivity contribution in [1.29, 1.82) is 0 Å². The zero-order valence-electron chi connectivity index (χ0n) is 10.1. The summed E-state index contributed by atoms with van der Waals surface area (Å²) < 4.78 is 6.73. The number of carbonyl (C=O) groups is 1. The molecule has 1 aliphatic rings. The Balaban J connectivity index is 2.20. The van der Waals surface area contributed by atoms with Crippen molar-refractivity contribution in [1.82, 2.24) is 9.55 Å². The van der Waals surface area contributed by atoms with Gasteiger partial charge in [-0.15, -0.1) is 0 Å². The Bertz CT molecular complexity index is 664. The number of ether oxygens (including phenoxy) is 1. The Kier molecular flexibility index (Phi) is 2.47. The number of benzene rings is 1. The molecule has 1 fully saturated rings. The highest BCUT2D eigenvalue weighted by Gasteiger charge is 2.28. The van der Waals surface area contributed by atoms with E-state index < -0.39 is 5.97 Å². The first-order valence-corrected chi connectivity index (χ1v) is 6.12. The average Bonchev–Trinajstić information content (AvgIpc) is 3.11. The Labute approximate surface area is 103 Å². The molecule has 18 heavy (non-hydrogen) atoms. The van der Waals surface area contributed by atoms with Gasteiger partial charge in [0, 0.05) is 6.04 Å². The van der Waals surface area contributed by atoms with Crippen molar-refractivity contribution in [3.8, 4) is 0 Å². The van der Waals surface area contributed by atoms with Gasteiger partial charge in [0.25, 0.3) is 0 Å². The Morgan fingerprint density at radius 1 is 1.50 bits per heavy atom. The minimum absolute atomic E-state index is 0.149. The van der Waals surface area contributed by atoms with Gasteiger partial charge < -0.3 is 9.72 Å². The largest absolute Gasteiger partial charge is 0.462 e. The smallest absolute Gasteiger partial charge is 0.340 e. The highest BCUT2D eigenvalue weighted by atomic mass is 16.5. The van der Waals surface area contributed by atoms with E-state index in [2.05, 4.69) is 4.98 Å². The normalized spacial score (nSPS) is 14.9. The van der Waals surface area contributed by atoms with Crippen molar-refractivity contribution >= 4 is 17.0 Å². The molecule has 1 aromatic carbocycles. The van der Waals surface area contributed by atoms with Crippen LogP contribution < -0.4 is 5.69 Å². The fourth-order valence-corrected chi connectivity index (χ4v) is 2.22. The fourth-order valence-electron chi connectivity index (χ4n) is 2.22. The minimum atomic E-state index is -0.396. The second kappa shape index (κ2) is 4.01. The Morgan fingerprint density at radius 3 is 2.94 bits per heavy atom. The van der Waals surface area contributed by atoms with Gasteiger partial charge in [-0.2, -0.15) is 0 Å². The maximum atomic E-state index is 11.9. The lowest BCUT2D eigenvalue weighted by Gasteiger charge is -2.03. The highest BCUT2D eigenvalue weighted by Crippen LogP contribution is 2.36. The van der Waals surface area contributed by atoms with E-state index in [-0.39, 0.29) is 11.7 Å². The highest BCUT2D eigenvalue weighted by molar-refractivity contribution is 6.02. The number of H-pyrrole nitrogens is 1. The van der Waals surface area contributed by atoms with E-state index in [1.165, 1.54) is 0 Å². The van der Waals surface area contributed by atoms with Gasteiger partial charge in [-0.25, -0.2) is 9.59 Å². The van der Waals surface area contributed by atoms with Crippen molar-refractivity contribution in [2.75, 3.05) is 6.61 Å². The summed E-state index contributed by atoms with van der Waals surface area (Å²) in [7, 11) is 0. The molecule has 0 bridgehead atoms. The summed E-state index contributed by atoms with van der Waals surface area (Å²) >= 11 is 0. The van der Waals surface area contributed by atoms with Crippen LogP contribution >= 0.6 is 0 Å². The van der Waals surface area contributed by atoms with Crippen molar-refractivity contribution in [2.45, 2.75) is 25.8 Å². The Morgan fingerprint density at radius 2 is 2.28 bits per heavy atom. The van der Waals surface area contributed by atoms with Crippen molar-refractivity contribution < 1.29 is 9.53 Å². The molecule has 1 aliphatic carbocycles. The van der Waals surface area contributed by atoms with Gasteiger partial charge in [0.1, 0.15) is 0 Å². The van der Waals surface area contributed by atoms with Gasteiger partial charge in [-0.05, 0) is 31.9 Å².